The topological polar surface area (TPSA) is 64.7 Å². The molecule has 90 valence electrons. The second kappa shape index (κ2) is 5.57. The Bertz CT molecular complexity index is 478. The molecule has 17 heavy (non-hydrogen) atoms. The fourth-order valence-electron chi connectivity index (χ4n) is 1.37. The van der Waals surface area contributed by atoms with Gasteiger partial charge in [-0.05, 0) is 55.2 Å². The second-order valence-electron chi connectivity index (χ2n) is 3.90. The zero-order valence-corrected chi connectivity index (χ0v) is 11.4. The van der Waals surface area contributed by atoms with Gasteiger partial charge in [-0.1, -0.05) is 6.07 Å². The Labute approximate surface area is 109 Å². The van der Waals surface area contributed by atoms with Gasteiger partial charge in [-0.25, -0.2) is 9.97 Å². The second-order valence-corrected chi connectivity index (χ2v) is 5.92. The van der Waals surface area contributed by atoms with Gasteiger partial charge in [0, 0.05) is 12.2 Å². The van der Waals surface area contributed by atoms with Crippen LogP contribution in [0.25, 0.3) is 0 Å². The van der Waals surface area contributed by atoms with Crippen molar-refractivity contribution in [2.45, 2.75) is 35.7 Å². The van der Waals surface area contributed by atoms with Crippen molar-refractivity contribution < 1.29 is 0 Å². The maximum Gasteiger partial charge on any atom is 0.176 e. The normalized spacial score (nSPS) is 12.6. The Morgan fingerprint density at radius 3 is 2.82 bits per heavy atom. The van der Waals surface area contributed by atoms with Gasteiger partial charge in [0.05, 0.1) is 0 Å². The summed E-state index contributed by atoms with van der Waals surface area (Å²) in [6.45, 7) is 3.88. The Balaban J connectivity index is 2.03. The molecule has 1 unspecified atom stereocenters. The molecule has 0 bridgehead atoms. The minimum atomic E-state index is 0.168. The fraction of sp³-hybridized carbons (Fsp3) is 0.364. The van der Waals surface area contributed by atoms with E-state index in [9.17, 15) is 0 Å². The van der Waals surface area contributed by atoms with Crippen LogP contribution in [0.3, 0.4) is 0 Å². The molecule has 0 saturated heterocycles. The molecular weight excluding hydrogens is 252 g/mol. The predicted molar refractivity (Wildman–Crippen MR) is 70.4 cm³/mol. The van der Waals surface area contributed by atoms with Crippen molar-refractivity contribution in [2.75, 3.05) is 0 Å². The van der Waals surface area contributed by atoms with E-state index in [1.54, 1.807) is 0 Å². The molecule has 2 rings (SSSR count). The van der Waals surface area contributed by atoms with Crippen LogP contribution in [0, 0.1) is 6.92 Å². The first-order valence-electron chi connectivity index (χ1n) is 5.32. The summed E-state index contributed by atoms with van der Waals surface area (Å²) < 4.78 is 5.06. The molecule has 0 aliphatic carbocycles. The van der Waals surface area contributed by atoms with Crippen molar-refractivity contribution in [1.82, 2.24) is 14.3 Å². The number of nitrogens with two attached hydrogens (primary N) is 1. The number of hydrogen-bond donors (Lipinski definition) is 1. The highest BCUT2D eigenvalue weighted by molar-refractivity contribution is 8.00. The SMILES string of the molecule is Cc1nsc(Sc2ccc(CC(C)N)cn2)n1. The molecule has 0 radical (unpaired) electrons. The van der Waals surface area contributed by atoms with Crippen molar-refractivity contribution in [3.05, 3.63) is 29.7 Å². The fourth-order valence-corrected chi connectivity index (χ4v) is 2.91. The average Bonchev–Trinajstić information content (AvgIpc) is 2.66. The van der Waals surface area contributed by atoms with Crippen LogP contribution in [0.1, 0.15) is 18.3 Å². The van der Waals surface area contributed by atoms with E-state index < -0.39 is 0 Å². The molecule has 0 spiro atoms. The highest BCUT2D eigenvalue weighted by atomic mass is 32.2. The third-order valence-corrected chi connectivity index (χ3v) is 3.85. The van der Waals surface area contributed by atoms with Gasteiger partial charge in [0.25, 0.3) is 0 Å². The van der Waals surface area contributed by atoms with Crippen LogP contribution in [-0.2, 0) is 6.42 Å². The molecule has 1 atom stereocenters. The zero-order valence-electron chi connectivity index (χ0n) is 9.75. The largest absolute Gasteiger partial charge is 0.328 e. The molecule has 0 aliphatic rings. The Hall–Kier alpha value is -0.980. The van der Waals surface area contributed by atoms with Gasteiger partial charge in [-0.2, -0.15) is 4.37 Å². The van der Waals surface area contributed by atoms with Crippen LogP contribution >= 0.6 is 23.3 Å². The van der Waals surface area contributed by atoms with E-state index in [-0.39, 0.29) is 6.04 Å². The average molecular weight is 266 g/mol. The van der Waals surface area contributed by atoms with E-state index in [1.165, 1.54) is 23.3 Å². The maximum atomic E-state index is 5.74. The third-order valence-electron chi connectivity index (χ3n) is 2.06. The van der Waals surface area contributed by atoms with Gasteiger partial charge in [0.15, 0.2) is 4.34 Å². The van der Waals surface area contributed by atoms with Gasteiger partial charge in [0.2, 0.25) is 0 Å². The van der Waals surface area contributed by atoms with E-state index >= 15 is 0 Å². The van der Waals surface area contributed by atoms with Crippen molar-refractivity contribution in [3.8, 4) is 0 Å². The van der Waals surface area contributed by atoms with Gasteiger partial charge < -0.3 is 5.73 Å². The summed E-state index contributed by atoms with van der Waals surface area (Å²) in [4.78, 5) is 8.67. The molecule has 4 nitrogen and oxygen atoms in total. The molecule has 0 amide bonds. The lowest BCUT2D eigenvalue weighted by molar-refractivity contribution is 0.734. The molecule has 0 fully saturated rings. The Morgan fingerprint density at radius 2 is 2.29 bits per heavy atom. The summed E-state index contributed by atoms with van der Waals surface area (Å²) in [6, 6.07) is 4.23. The number of aromatic nitrogens is 3. The molecular formula is C11H14N4S2. The Morgan fingerprint density at radius 1 is 1.47 bits per heavy atom. The highest BCUT2D eigenvalue weighted by Gasteiger charge is 2.05. The first-order valence-corrected chi connectivity index (χ1v) is 6.91. The summed E-state index contributed by atoms with van der Waals surface area (Å²) in [5.41, 5.74) is 6.90. The highest BCUT2D eigenvalue weighted by Crippen LogP contribution is 2.27. The van der Waals surface area contributed by atoms with Crippen molar-refractivity contribution >= 4 is 23.3 Å². The Kier molecular flexibility index (Phi) is 4.09. The third kappa shape index (κ3) is 3.76. The molecule has 2 aromatic heterocycles. The van der Waals surface area contributed by atoms with Crippen LogP contribution in [0.15, 0.2) is 27.7 Å². The van der Waals surface area contributed by atoms with Gasteiger partial charge in [-0.15, -0.1) is 0 Å². The van der Waals surface area contributed by atoms with Crippen molar-refractivity contribution in [3.63, 3.8) is 0 Å². The van der Waals surface area contributed by atoms with E-state index in [4.69, 9.17) is 5.73 Å². The smallest absolute Gasteiger partial charge is 0.176 e. The number of hydrogen-bond acceptors (Lipinski definition) is 6. The van der Waals surface area contributed by atoms with E-state index in [0.29, 0.717) is 0 Å². The molecule has 2 N–H and O–H groups in total. The summed E-state index contributed by atoms with van der Waals surface area (Å²) in [5, 5.41) is 0.939. The lowest BCUT2D eigenvalue weighted by Gasteiger charge is -2.04. The van der Waals surface area contributed by atoms with Crippen molar-refractivity contribution in [2.24, 2.45) is 5.73 Å². The van der Waals surface area contributed by atoms with E-state index in [1.807, 2.05) is 26.1 Å². The van der Waals surface area contributed by atoms with Crippen LogP contribution in [0.5, 0.6) is 0 Å². The van der Waals surface area contributed by atoms with Crippen LogP contribution < -0.4 is 5.73 Å². The molecule has 0 saturated carbocycles. The standard InChI is InChI=1S/C11H14N4S2/c1-7(12)5-9-3-4-10(13-6-9)16-11-14-8(2)15-17-11/h3-4,6-7H,5,12H2,1-2H3. The first-order chi connectivity index (χ1) is 8.13. The summed E-state index contributed by atoms with van der Waals surface area (Å²) in [5.74, 6) is 0.811. The number of rotatable bonds is 4. The van der Waals surface area contributed by atoms with Crippen LogP contribution in [0.2, 0.25) is 0 Å². The minimum Gasteiger partial charge on any atom is -0.328 e. The number of nitrogens with zero attached hydrogens (tertiary/aromatic N) is 3. The summed E-state index contributed by atoms with van der Waals surface area (Å²) in [7, 11) is 0. The molecule has 2 aromatic rings. The number of pyridine rings is 1. The molecule has 0 aromatic carbocycles. The zero-order chi connectivity index (χ0) is 12.3. The predicted octanol–water partition coefficient (Wildman–Crippen LogP) is 2.28. The quantitative estimate of drug-likeness (QED) is 0.919. The lowest BCUT2D eigenvalue weighted by Crippen LogP contribution is -2.17. The van der Waals surface area contributed by atoms with E-state index in [2.05, 4.69) is 20.4 Å². The summed E-state index contributed by atoms with van der Waals surface area (Å²) >= 11 is 2.94. The van der Waals surface area contributed by atoms with Crippen LogP contribution in [-0.4, -0.2) is 20.4 Å². The molecule has 0 aliphatic heterocycles. The lowest BCUT2D eigenvalue weighted by atomic mass is 10.1. The first kappa shape index (κ1) is 12.5. The van der Waals surface area contributed by atoms with Crippen LogP contribution in [0.4, 0.5) is 0 Å². The van der Waals surface area contributed by atoms with Gasteiger partial charge in [0.1, 0.15) is 10.9 Å². The van der Waals surface area contributed by atoms with Gasteiger partial charge in [-0.3, -0.25) is 0 Å². The van der Waals surface area contributed by atoms with Gasteiger partial charge >= 0.3 is 0 Å². The monoisotopic (exact) mass is 266 g/mol. The van der Waals surface area contributed by atoms with E-state index in [0.717, 1.165) is 27.2 Å². The number of aryl methyl sites for hydroxylation is 1. The molecule has 6 heteroatoms. The van der Waals surface area contributed by atoms with Crippen molar-refractivity contribution in [1.29, 1.82) is 0 Å². The maximum absolute atomic E-state index is 5.74. The summed E-state index contributed by atoms with van der Waals surface area (Å²) in [6.07, 6.45) is 2.73. The minimum absolute atomic E-state index is 0.168. The molecule has 2 heterocycles.